The first-order valence-corrected chi connectivity index (χ1v) is 8.91. The zero-order chi connectivity index (χ0) is 15.8. The van der Waals surface area contributed by atoms with E-state index in [2.05, 4.69) is 10.3 Å². The molecule has 22 heavy (non-hydrogen) atoms. The number of para-hydroxylation sites is 1. The lowest BCUT2D eigenvalue weighted by Crippen LogP contribution is -2.15. The van der Waals surface area contributed by atoms with Gasteiger partial charge in [-0.15, -0.1) is 0 Å². The number of hydrogen-bond acceptors (Lipinski definition) is 5. The van der Waals surface area contributed by atoms with Crippen molar-refractivity contribution in [1.29, 1.82) is 0 Å². The van der Waals surface area contributed by atoms with Gasteiger partial charge in [-0.2, -0.15) is 0 Å². The Morgan fingerprint density at radius 1 is 1.09 bits per heavy atom. The van der Waals surface area contributed by atoms with Crippen LogP contribution in [0.1, 0.15) is 25.2 Å². The van der Waals surface area contributed by atoms with Crippen LogP contribution >= 0.6 is 7.60 Å². The summed E-state index contributed by atoms with van der Waals surface area (Å²) >= 11 is 0. The second-order valence-electron chi connectivity index (χ2n) is 4.57. The van der Waals surface area contributed by atoms with Gasteiger partial charge >= 0.3 is 7.60 Å². The van der Waals surface area contributed by atoms with Crippen molar-refractivity contribution in [1.82, 2.24) is 4.98 Å². The molecule has 2 rings (SSSR count). The zero-order valence-corrected chi connectivity index (χ0v) is 13.7. The number of anilines is 1. The normalized spacial score (nSPS) is 12.8. The molecule has 118 valence electrons. The highest BCUT2D eigenvalue weighted by atomic mass is 31.2. The summed E-state index contributed by atoms with van der Waals surface area (Å²) in [4.78, 5) is 4.11. The number of nitrogens with one attached hydrogen (secondary N) is 1. The highest BCUT2D eigenvalue weighted by Gasteiger charge is 2.37. The summed E-state index contributed by atoms with van der Waals surface area (Å²) in [7, 11) is -3.37. The van der Waals surface area contributed by atoms with Gasteiger partial charge in [0.25, 0.3) is 0 Å². The molecular formula is C16H21N2O3P. The minimum atomic E-state index is -3.37. The summed E-state index contributed by atoms with van der Waals surface area (Å²) < 4.78 is 24.2. The highest BCUT2D eigenvalue weighted by molar-refractivity contribution is 7.54. The Kier molecular flexibility index (Phi) is 6.13. The quantitative estimate of drug-likeness (QED) is 0.728. The molecule has 0 radical (unpaired) electrons. The molecule has 0 unspecified atom stereocenters. The van der Waals surface area contributed by atoms with Crippen molar-refractivity contribution in [2.24, 2.45) is 0 Å². The molecule has 0 spiro atoms. The first-order chi connectivity index (χ1) is 10.7. The van der Waals surface area contributed by atoms with E-state index in [0.29, 0.717) is 13.2 Å². The predicted molar refractivity (Wildman–Crippen MR) is 87.9 cm³/mol. The summed E-state index contributed by atoms with van der Waals surface area (Å²) in [6.07, 6.45) is 3.35. The second-order valence-corrected chi connectivity index (χ2v) is 6.69. The van der Waals surface area contributed by atoms with E-state index in [1.54, 1.807) is 32.3 Å². The zero-order valence-electron chi connectivity index (χ0n) is 12.8. The SMILES string of the molecule is CCOP(=O)(OCC)[C@H](Nc1ccccc1)c1cccnc1. The molecule has 0 amide bonds. The van der Waals surface area contributed by atoms with Crippen molar-refractivity contribution in [2.75, 3.05) is 18.5 Å². The van der Waals surface area contributed by atoms with Crippen LogP contribution in [-0.2, 0) is 13.6 Å². The standard InChI is InChI=1S/C16H21N2O3P/c1-3-20-22(19,21-4-2)16(14-9-8-12-17-13-14)18-15-10-6-5-7-11-15/h5-13,16,18H,3-4H2,1-2H3/t16-/m0/s1. The smallest absolute Gasteiger partial charge is 0.357 e. The van der Waals surface area contributed by atoms with Gasteiger partial charge in [0, 0.05) is 23.6 Å². The van der Waals surface area contributed by atoms with Gasteiger partial charge in [0.15, 0.2) is 5.78 Å². The van der Waals surface area contributed by atoms with Gasteiger partial charge in [-0.1, -0.05) is 24.3 Å². The van der Waals surface area contributed by atoms with E-state index in [9.17, 15) is 4.57 Å². The van der Waals surface area contributed by atoms with Gasteiger partial charge in [0.1, 0.15) is 0 Å². The average molecular weight is 320 g/mol. The first-order valence-electron chi connectivity index (χ1n) is 7.30. The van der Waals surface area contributed by atoms with Gasteiger partial charge in [-0.25, -0.2) is 0 Å². The largest absolute Gasteiger partial charge is 0.368 e. The molecule has 2 aromatic rings. The lowest BCUT2D eigenvalue weighted by atomic mass is 10.2. The van der Waals surface area contributed by atoms with E-state index < -0.39 is 13.4 Å². The fraction of sp³-hybridized carbons (Fsp3) is 0.312. The van der Waals surface area contributed by atoms with Crippen molar-refractivity contribution in [3.8, 4) is 0 Å². The summed E-state index contributed by atoms with van der Waals surface area (Å²) in [6, 6.07) is 13.2. The molecule has 1 aromatic carbocycles. The number of nitrogens with zero attached hydrogens (tertiary/aromatic N) is 1. The molecule has 1 N–H and O–H groups in total. The van der Waals surface area contributed by atoms with E-state index in [1.165, 1.54) is 0 Å². The van der Waals surface area contributed by atoms with Crippen LogP contribution in [0.25, 0.3) is 0 Å². The summed E-state index contributed by atoms with van der Waals surface area (Å²) in [5.41, 5.74) is 1.60. The molecule has 0 saturated carbocycles. The second kappa shape index (κ2) is 8.08. The van der Waals surface area contributed by atoms with E-state index >= 15 is 0 Å². The third kappa shape index (κ3) is 4.17. The Labute approximate surface area is 131 Å². The maximum atomic E-state index is 13.2. The number of benzene rings is 1. The molecule has 1 atom stereocenters. The van der Waals surface area contributed by atoms with Gasteiger partial charge in [0.2, 0.25) is 0 Å². The van der Waals surface area contributed by atoms with Gasteiger partial charge < -0.3 is 14.4 Å². The van der Waals surface area contributed by atoms with Gasteiger partial charge in [-0.05, 0) is 32.0 Å². The Balaban J connectivity index is 2.38. The Bertz CT molecular complexity index is 597. The average Bonchev–Trinajstić information content (AvgIpc) is 2.55. The van der Waals surface area contributed by atoms with Crippen LogP contribution in [0.3, 0.4) is 0 Å². The molecule has 0 saturated heterocycles. The lowest BCUT2D eigenvalue weighted by molar-refractivity contribution is 0.214. The van der Waals surface area contributed by atoms with Crippen molar-refractivity contribution in [3.05, 3.63) is 60.4 Å². The summed E-state index contributed by atoms with van der Waals surface area (Å²) in [6.45, 7) is 4.22. The number of hydrogen-bond donors (Lipinski definition) is 1. The molecule has 0 aliphatic carbocycles. The Morgan fingerprint density at radius 3 is 2.32 bits per heavy atom. The van der Waals surface area contributed by atoms with E-state index in [4.69, 9.17) is 9.05 Å². The maximum Gasteiger partial charge on any atom is 0.357 e. The molecule has 0 aliphatic rings. The van der Waals surface area contributed by atoms with Crippen molar-refractivity contribution < 1.29 is 13.6 Å². The van der Waals surface area contributed by atoms with Crippen LogP contribution in [0.5, 0.6) is 0 Å². The molecule has 0 aliphatic heterocycles. The summed E-state index contributed by atoms with van der Waals surface area (Å²) in [5, 5.41) is 3.25. The monoisotopic (exact) mass is 320 g/mol. The van der Waals surface area contributed by atoms with E-state index in [0.717, 1.165) is 11.3 Å². The fourth-order valence-electron chi connectivity index (χ4n) is 2.12. The summed E-state index contributed by atoms with van der Waals surface area (Å²) in [5.74, 6) is -0.608. The predicted octanol–water partition coefficient (Wildman–Crippen LogP) is 4.46. The minimum absolute atomic E-state index is 0.310. The van der Waals surface area contributed by atoms with Crippen LogP contribution in [-0.4, -0.2) is 18.2 Å². The third-order valence-electron chi connectivity index (χ3n) is 3.01. The number of pyridine rings is 1. The van der Waals surface area contributed by atoms with Crippen LogP contribution in [0.4, 0.5) is 5.69 Å². The van der Waals surface area contributed by atoms with Crippen LogP contribution in [0.2, 0.25) is 0 Å². The third-order valence-corrected chi connectivity index (χ3v) is 5.31. The molecular weight excluding hydrogens is 299 g/mol. The number of rotatable bonds is 8. The lowest BCUT2D eigenvalue weighted by Gasteiger charge is -2.28. The van der Waals surface area contributed by atoms with E-state index in [1.807, 2.05) is 36.4 Å². The fourth-order valence-corrected chi connectivity index (χ4v) is 4.04. The first kappa shape index (κ1) is 16.7. The van der Waals surface area contributed by atoms with Gasteiger partial charge in [-0.3, -0.25) is 9.55 Å². The van der Waals surface area contributed by atoms with Crippen molar-refractivity contribution >= 4 is 13.3 Å². The molecule has 1 heterocycles. The highest BCUT2D eigenvalue weighted by Crippen LogP contribution is 2.60. The molecule has 0 fully saturated rings. The molecule has 0 bridgehead atoms. The molecule has 1 aromatic heterocycles. The topological polar surface area (TPSA) is 60.5 Å². The van der Waals surface area contributed by atoms with Crippen molar-refractivity contribution in [2.45, 2.75) is 19.6 Å². The molecule has 6 heteroatoms. The Hall–Kier alpha value is -1.68. The van der Waals surface area contributed by atoms with Crippen LogP contribution in [0.15, 0.2) is 54.9 Å². The number of aromatic nitrogens is 1. The Morgan fingerprint density at radius 2 is 1.77 bits per heavy atom. The van der Waals surface area contributed by atoms with Crippen molar-refractivity contribution in [3.63, 3.8) is 0 Å². The van der Waals surface area contributed by atoms with E-state index in [-0.39, 0.29) is 0 Å². The van der Waals surface area contributed by atoms with Crippen LogP contribution < -0.4 is 5.32 Å². The van der Waals surface area contributed by atoms with Gasteiger partial charge in [0.05, 0.1) is 13.2 Å². The van der Waals surface area contributed by atoms with Crippen LogP contribution in [0, 0.1) is 0 Å². The molecule has 5 nitrogen and oxygen atoms in total. The maximum absolute atomic E-state index is 13.2. The minimum Gasteiger partial charge on any atom is -0.368 e.